The fraction of sp³-hybridized carbons (Fsp3) is 0.417. The molecule has 0 saturated carbocycles. The first kappa shape index (κ1) is 17.8. The summed E-state index contributed by atoms with van der Waals surface area (Å²) in [6.45, 7) is 4.71. The molecule has 0 aromatic heterocycles. The van der Waals surface area contributed by atoms with Gasteiger partial charge >= 0.3 is 17.9 Å². The number of aliphatic hydroxyl groups excluding tert-OH is 2. The molecule has 0 aromatic carbocycles. The molecule has 0 radical (unpaired) electrons. The summed E-state index contributed by atoms with van der Waals surface area (Å²) in [5.74, 6) is -2.66. The van der Waals surface area contributed by atoms with Crippen LogP contribution in [0.25, 0.3) is 0 Å². The summed E-state index contributed by atoms with van der Waals surface area (Å²) in [4.78, 5) is 33.0. The molecule has 0 bridgehead atoms. The van der Waals surface area contributed by atoms with Crippen molar-refractivity contribution in [3.05, 3.63) is 25.3 Å². The van der Waals surface area contributed by atoms with Crippen LogP contribution in [0, 0.1) is 0 Å². The van der Waals surface area contributed by atoms with E-state index < -0.39 is 49.9 Å². The third-order valence-electron chi connectivity index (χ3n) is 1.88. The average Bonchev–Trinajstić information content (AvgIpc) is 2.47. The number of hydrogen-bond acceptors (Lipinski definition) is 8. The van der Waals surface area contributed by atoms with Crippen molar-refractivity contribution in [3.8, 4) is 0 Å². The number of esters is 3. The van der Waals surface area contributed by atoms with Crippen LogP contribution >= 0.6 is 0 Å². The highest BCUT2D eigenvalue weighted by Gasteiger charge is 2.23. The third-order valence-corrected chi connectivity index (χ3v) is 1.88. The maximum atomic E-state index is 11.3. The molecule has 0 rings (SSSR count). The van der Waals surface area contributed by atoms with E-state index in [-0.39, 0.29) is 0 Å². The van der Waals surface area contributed by atoms with Gasteiger partial charge in [-0.3, -0.25) is 0 Å². The Kier molecular flexibility index (Phi) is 8.64. The van der Waals surface area contributed by atoms with Gasteiger partial charge in [-0.2, -0.15) is 0 Å². The summed E-state index contributed by atoms with van der Waals surface area (Å²) in [5.41, 5.74) is 0. The third kappa shape index (κ3) is 7.29. The van der Waals surface area contributed by atoms with Crippen molar-refractivity contribution in [2.45, 2.75) is 12.2 Å². The average molecular weight is 288 g/mol. The monoisotopic (exact) mass is 288 g/mol. The Morgan fingerprint density at radius 3 is 1.85 bits per heavy atom. The minimum absolute atomic E-state index is 0.404. The Bertz CT molecular complexity index is 352. The lowest BCUT2D eigenvalue weighted by molar-refractivity contribution is -0.172. The van der Waals surface area contributed by atoms with Gasteiger partial charge in [0.25, 0.3) is 0 Å². The van der Waals surface area contributed by atoms with Gasteiger partial charge in [0.1, 0.15) is 13.2 Å². The van der Waals surface area contributed by atoms with E-state index in [4.69, 9.17) is 14.9 Å². The van der Waals surface area contributed by atoms with Crippen molar-refractivity contribution < 1.29 is 38.8 Å². The van der Waals surface area contributed by atoms with Gasteiger partial charge in [-0.15, -0.1) is 0 Å². The minimum Gasteiger partial charge on any atom is -0.458 e. The van der Waals surface area contributed by atoms with Crippen LogP contribution < -0.4 is 0 Å². The minimum atomic E-state index is -1.73. The number of carbonyl (C=O) groups excluding carboxylic acids is 3. The van der Waals surface area contributed by atoms with Crippen LogP contribution in [-0.4, -0.2) is 60.1 Å². The molecule has 112 valence electrons. The molecule has 0 aliphatic rings. The van der Waals surface area contributed by atoms with Crippen molar-refractivity contribution in [1.29, 1.82) is 0 Å². The predicted molar refractivity (Wildman–Crippen MR) is 65.3 cm³/mol. The molecule has 0 saturated heterocycles. The van der Waals surface area contributed by atoms with Gasteiger partial charge in [0.2, 0.25) is 0 Å². The second kappa shape index (κ2) is 9.70. The van der Waals surface area contributed by atoms with E-state index in [0.29, 0.717) is 0 Å². The lowest BCUT2D eigenvalue weighted by Crippen LogP contribution is -2.36. The van der Waals surface area contributed by atoms with Crippen LogP contribution in [0.15, 0.2) is 25.3 Å². The molecule has 1 atom stereocenters. The molecular formula is C12H16O8. The van der Waals surface area contributed by atoms with E-state index in [1.807, 2.05) is 0 Å². The summed E-state index contributed by atoms with van der Waals surface area (Å²) in [6, 6.07) is 0. The van der Waals surface area contributed by atoms with Crippen LogP contribution in [0.3, 0.4) is 0 Å². The highest BCUT2D eigenvalue weighted by molar-refractivity contribution is 5.81. The normalized spacial score (nSPS) is 11.3. The lowest BCUT2D eigenvalue weighted by atomic mass is 10.3. The van der Waals surface area contributed by atoms with Crippen LogP contribution in [0.1, 0.15) is 0 Å². The molecular weight excluding hydrogens is 272 g/mol. The highest BCUT2D eigenvalue weighted by atomic mass is 16.6. The Hall–Kier alpha value is -2.19. The van der Waals surface area contributed by atoms with Crippen LogP contribution in [0.5, 0.6) is 0 Å². The number of rotatable bonds is 9. The molecule has 2 N–H and O–H groups in total. The zero-order valence-corrected chi connectivity index (χ0v) is 10.7. The van der Waals surface area contributed by atoms with Crippen LogP contribution in [-0.2, 0) is 28.6 Å². The van der Waals surface area contributed by atoms with Crippen LogP contribution in [0.4, 0.5) is 0 Å². The van der Waals surface area contributed by atoms with Crippen molar-refractivity contribution >= 4 is 17.9 Å². The molecule has 0 unspecified atom stereocenters. The van der Waals surface area contributed by atoms with Gasteiger partial charge in [-0.25, -0.2) is 14.4 Å². The van der Waals surface area contributed by atoms with E-state index in [1.54, 1.807) is 0 Å². The van der Waals surface area contributed by atoms with Gasteiger partial charge < -0.3 is 24.4 Å². The first-order valence-electron chi connectivity index (χ1n) is 5.52. The molecule has 8 nitrogen and oxygen atoms in total. The topological polar surface area (TPSA) is 119 Å². The zero-order valence-electron chi connectivity index (χ0n) is 10.7. The maximum Gasteiger partial charge on any atom is 0.337 e. The van der Waals surface area contributed by atoms with Gasteiger partial charge in [0.05, 0.1) is 6.61 Å². The molecule has 8 heteroatoms. The first-order chi connectivity index (χ1) is 9.44. The second-order valence-corrected chi connectivity index (χ2v) is 3.43. The predicted octanol–water partition coefficient (Wildman–Crippen LogP) is -1.29. The smallest absolute Gasteiger partial charge is 0.337 e. The molecule has 0 spiro atoms. The summed E-state index contributed by atoms with van der Waals surface area (Å²) < 4.78 is 14.0. The van der Waals surface area contributed by atoms with Gasteiger partial charge in [-0.1, -0.05) is 13.2 Å². The zero-order chi connectivity index (χ0) is 15.5. The Morgan fingerprint density at radius 1 is 1.05 bits per heavy atom. The lowest BCUT2D eigenvalue weighted by Gasteiger charge is -2.18. The molecule has 0 aliphatic heterocycles. The number of ether oxygens (including phenoxy) is 3. The highest BCUT2D eigenvalue weighted by Crippen LogP contribution is 2.00. The van der Waals surface area contributed by atoms with E-state index >= 15 is 0 Å². The Labute approximate surface area is 115 Å². The van der Waals surface area contributed by atoms with Crippen molar-refractivity contribution in [3.63, 3.8) is 0 Å². The summed E-state index contributed by atoms with van der Waals surface area (Å²) in [7, 11) is 0. The van der Waals surface area contributed by atoms with Gasteiger partial charge in [-0.05, 0) is 0 Å². The fourth-order valence-corrected chi connectivity index (χ4v) is 0.902. The number of aliphatic hydroxyl groups is 2. The largest absolute Gasteiger partial charge is 0.458 e. The summed E-state index contributed by atoms with van der Waals surface area (Å²) >= 11 is 0. The molecule has 20 heavy (non-hydrogen) atoms. The fourth-order valence-electron chi connectivity index (χ4n) is 0.902. The quantitative estimate of drug-likeness (QED) is 0.305. The Balaban J connectivity index is 4.48. The van der Waals surface area contributed by atoms with Crippen LogP contribution in [0.2, 0.25) is 0 Å². The summed E-state index contributed by atoms with van der Waals surface area (Å²) in [6.07, 6.45) is -1.06. The van der Waals surface area contributed by atoms with Crippen molar-refractivity contribution in [2.75, 3.05) is 19.8 Å². The van der Waals surface area contributed by atoms with Crippen molar-refractivity contribution in [2.24, 2.45) is 0 Å². The summed E-state index contributed by atoms with van der Waals surface area (Å²) in [5, 5.41) is 17.6. The molecule has 0 amide bonds. The standard InChI is InChI=1S/C12H16O8/c1-3-10(15)18-6-8(7-19-11(16)4-2)20-12(17)9(14)5-13/h3-4,8-9,13-14H,1-2,5-7H2/t9-/m0/s1. The van der Waals surface area contributed by atoms with Gasteiger partial charge in [0, 0.05) is 12.2 Å². The maximum absolute atomic E-state index is 11.3. The second-order valence-electron chi connectivity index (χ2n) is 3.43. The molecule has 0 heterocycles. The number of hydrogen-bond donors (Lipinski definition) is 2. The SMILES string of the molecule is C=CC(=O)OCC(COC(=O)C=C)OC(=O)[C@@H](O)CO. The van der Waals surface area contributed by atoms with E-state index in [0.717, 1.165) is 12.2 Å². The van der Waals surface area contributed by atoms with E-state index in [2.05, 4.69) is 22.6 Å². The Morgan fingerprint density at radius 2 is 1.50 bits per heavy atom. The number of carbonyl (C=O) groups is 3. The van der Waals surface area contributed by atoms with Crippen molar-refractivity contribution in [1.82, 2.24) is 0 Å². The molecule has 0 aliphatic carbocycles. The molecule has 0 fully saturated rings. The first-order valence-corrected chi connectivity index (χ1v) is 5.52. The van der Waals surface area contributed by atoms with E-state index in [9.17, 15) is 14.4 Å². The van der Waals surface area contributed by atoms with E-state index in [1.165, 1.54) is 0 Å². The van der Waals surface area contributed by atoms with Gasteiger partial charge in [0.15, 0.2) is 12.2 Å². The molecule has 0 aromatic rings.